The minimum Gasteiger partial charge on any atom is -0.294 e. The van der Waals surface area contributed by atoms with E-state index in [4.69, 9.17) is 0 Å². The molecule has 0 radical (unpaired) electrons. The van der Waals surface area contributed by atoms with E-state index in [0.717, 1.165) is 23.3 Å². The second kappa shape index (κ2) is 7.46. The van der Waals surface area contributed by atoms with Crippen molar-refractivity contribution in [2.45, 2.75) is 49.8 Å². The molecule has 0 saturated heterocycles. The first-order valence-corrected chi connectivity index (χ1v) is 8.51. The Kier molecular flexibility index (Phi) is 5.63. The minimum atomic E-state index is 0.232. The molecule has 3 rings (SSSR count). The highest BCUT2D eigenvalue weighted by Gasteiger charge is 2.19. The molecule has 0 N–H and O–H groups in total. The van der Waals surface area contributed by atoms with Crippen molar-refractivity contribution in [2.24, 2.45) is 0 Å². The third-order valence-electron chi connectivity index (χ3n) is 3.42. The van der Waals surface area contributed by atoms with Crippen LogP contribution in [0.1, 0.15) is 48.7 Å². The zero-order valence-corrected chi connectivity index (χ0v) is 13.8. The number of carbonyl (C=O) groups is 1. The fourth-order valence-electron chi connectivity index (χ4n) is 2.49. The first-order valence-electron chi connectivity index (χ1n) is 7.70. The molecule has 0 saturated carbocycles. The van der Waals surface area contributed by atoms with Crippen molar-refractivity contribution in [1.29, 1.82) is 0 Å². The molecule has 1 heterocycles. The van der Waals surface area contributed by atoms with Gasteiger partial charge >= 0.3 is 0 Å². The standard InChI is InChI=1S/C17H16OS.C2H6/c1-2-5-12-8-9-16-13(10-12)11-15(18)14-6-3-4-7-17(14)19-16;1-2/h3-4,6-10H,2,5,11H2,1H3;1-2H3. The van der Waals surface area contributed by atoms with E-state index in [0.29, 0.717) is 6.42 Å². The van der Waals surface area contributed by atoms with Crippen LogP contribution < -0.4 is 0 Å². The third-order valence-corrected chi connectivity index (χ3v) is 4.62. The maximum absolute atomic E-state index is 12.3. The van der Waals surface area contributed by atoms with Gasteiger partial charge in [0.05, 0.1) is 0 Å². The van der Waals surface area contributed by atoms with E-state index >= 15 is 0 Å². The van der Waals surface area contributed by atoms with Crippen LogP contribution in [0, 0.1) is 0 Å². The average Bonchev–Trinajstić information content (AvgIpc) is 2.66. The number of carbonyl (C=O) groups excluding carboxylic acids is 1. The topological polar surface area (TPSA) is 17.1 Å². The molecule has 1 aliphatic heterocycles. The predicted molar refractivity (Wildman–Crippen MR) is 90.4 cm³/mol. The molecule has 0 bridgehead atoms. The summed E-state index contributed by atoms with van der Waals surface area (Å²) in [6, 6.07) is 14.5. The average molecular weight is 298 g/mol. The molecule has 0 unspecified atom stereocenters. The minimum absolute atomic E-state index is 0.232. The maximum Gasteiger partial charge on any atom is 0.168 e. The lowest BCUT2D eigenvalue weighted by Gasteiger charge is -2.07. The molecular weight excluding hydrogens is 276 g/mol. The molecule has 21 heavy (non-hydrogen) atoms. The number of aryl methyl sites for hydroxylation is 1. The summed E-state index contributed by atoms with van der Waals surface area (Å²) in [6.45, 7) is 6.18. The number of ketones is 1. The Hall–Kier alpha value is -1.54. The van der Waals surface area contributed by atoms with Crippen molar-refractivity contribution in [3.05, 3.63) is 59.2 Å². The summed E-state index contributed by atoms with van der Waals surface area (Å²) >= 11 is 1.71. The van der Waals surface area contributed by atoms with Crippen LogP contribution in [-0.2, 0) is 12.8 Å². The largest absolute Gasteiger partial charge is 0.294 e. The number of rotatable bonds is 2. The molecule has 110 valence electrons. The molecule has 0 spiro atoms. The highest BCUT2D eigenvalue weighted by molar-refractivity contribution is 7.99. The first kappa shape index (κ1) is 15.8. The molecule has 0 aliphatic carbocycles. The summed E-state index contributed by atoms with van der Waals surface area (Å²) in [5, 5.41) is 0. The maximum atomic E-state index is 12.3. The van der Waals surface area contributed by atoms with E-state index in [9.17, 15) is 4.79 Å². The van der Waals surface area contributed by atoms with Crippen LogP contribution >= 0.6 is 11.8 Å². The molecule has 0 atom stereocenters. The van der Waals surface area contributed by atoms with Gasteiger partial charge in [-0.15, -0.1) is 0 Å². The van der Waals surface area contributed by atoms with Gasteiger partial charge in [0.15, 0.2) is 5.78 Å². The molecule has 2 aromatic carbocycles. The normalized spacial score (nSPS) is 12.6. The Morgan fingerprint density at radius 3 is 2.57 bits per heavy atom. The van der Waals surface area contributed by atoms with Gasteiger partial charge in [-0.2, -0.15) is 0 Å². The van der Waals surface area contributed by atoms with Gasteiger partial charge in [0.25, 0.3) is 0 Å². The number of Topliss-reactive ketones (excluding diaryl/α,β-unsaturated/α-hetero) is 1. The van der Waals surface area contributed by atoms with Crippen LogP contribution in [0.2, 0.25) is 0 Å². The van der Waals surface area contributed by atoms with Crippen LogP contribution in [0.3, 0.4) is 0 Å². The van der Waals surface area contributed by atoms with Gasteiger partial charge in [0, 0.05) is 21.8 Å². The van der Waals surface area contributed by atoms with E-state index < -0.39 is 0 Å². The summed E-state index contributed by atoms with van der Waals surface area (Å²) in [7, 11) is 0. The van der Waals surface area contributed by atoms with Crippen molar-refractivity contribution >= 4 is 17.5 Å². The Bertz CT molecular complexity index is 631. The van der Waals surface area contributed by atoms with Crippen molar-refractivity contribution in [3.63, 3.8) is 0 Å². The zero-order chi connectivity index (χ0) is 15.2. The van der Waals surface area contributed by atoms with Gasteiger partial charge in [-0.25, -0.2) is 0 Å². The van der Waals surface area contributed by atoms with E-state index in [1.165, 1.54) is 16.0 Å². The second-order valence-corrected chi connectivity index (χ2v) is 5.97. The zero-order valence-electron chi connectivity index (χ0n) is 13.0. The molecule has 0 aromatic heterocycles. The number of hydrogen-bond acceptors (Lipinski definition) is 2. The molecule has 0 fully saturated rings. The lowest BCUT2D eigenvalue weighted by atomic mass is 10.00. The van der Waals surface area contributed by atoms with Crippen LogP contribution in [0.4, 0.5) is 0 Å². The Morgan fingerprint density at radius 1 is 1.05 bits per heavy atom. The van der Waals surface area contributed by atoms with Crippen molar-refractivity contribution < 1.29 is 4.79 Å². The Balaban J connectivity index is 0.000000774. The van der Waals surface area contributed by atoms with Crippen molar-refractivity contribution in [1.82, 2.24) is 0 Å². The van der Waals surface area contributed by atoms with Gasteiger partial charge in [-0.05, 0) is 29.7 Å². The van der Waals surface area contributed by atoms with Gasteiger partial charge in [-0.3, -0.25) is 4.79 Å². The predicted octanol–water partition coefficient (Wildman–Crippen LogP) is 5.56. The van der Waals surface area contributed by atoms with Crippen LogP contribution in [-0.4, -0.2) is 5.78 Å². The van der Waals surface area contributed by atoms with Gasteiger partial charge < -0.3 is 0 Å². The van der Waals surface area contributed by atoms with Gasteiger partial charge in [0.2, 0.25) is 0 Å². The molecule has 2 heteroatoms. The summed E-state index contributed by atoms with van der Waals surface area (Å²) in [5.41, 5.74) is 3.37. The molecular formula is C19H22OS. The fraction of sp³-hybridized carbons (Fsp3) is 0.316. The lowest BCUT2D eigenvalue weighted by Crippen LogP contribution is -2.03. The number of fused-ring (bicyclic) bond motifs is 2. The summed E-state index contributed by atoms with van der Waals surface area (Å²) < 4.78 is 0. The fourth-order valence-corrected chi connectivity index (χ4v) is 3.56. The Morgan fingerprint density at radius 2 is 1.81 bits per heavy atom. The quantitative estimate of drug-likeness (QED) is 0.722. The SMILES string of the molecule is CC.CCCc1ccc2c(c1)CC(=O)c1ccccc1S2. The van der Waals surface area contributed by atoms with Crippen molar-refractivity contribution in [3.8, 4) is 0 Å². The number of benzene rings is 2. The van der Waals surface area contributed by atoms with E-state index in [-0.39, 0.29) is 5.78 Å². The molecule has 1 aliphatic rings. The van der Waals surface area contributed by atoms with Crippen LogP contribution in [0.25, 0.3) is 0 Å². The summed E-state index contributed by atoms with van der Waals surface area (Å²) in [6.07, 6.45) is 2.75. The third kappa shape index (κ3) is 3.56. The van der Waals surface area contributed by atoms with Gasteiger partial charge in [-0.1, -0.05) is 69.3 Å². The monoisotopic (exact) mass is 298 g/mol. The van der Waals surface area contributed by atoms with Crippen molar-refractivity contribution in [2.75, 3.05) is 0 Å². The highest BCUT2D eigenvalue weighted by Crippen LogP contribution is 2.37. The van der Waals surface area contributed by atoms with Crippen LogP contribution in [0.5, 0.6) is 0 Å². The van der Waals surface area contributed by atoms with Crippen LogP contribution in [0.15, 0.2) is 52.3 Å². The first-order chi connectivity index (χ1) is 10.3. The van der Waals surface area contributed by atoms with E-state index in [1.54, 1.807) is 11.8 Å². The molecule has 0 amide bonds. The van der Waals surface area contributed by atoms with Gasteiger partial charge in [0.1, 0.15) is 0 Å². The summed E-state index contributed by atoms with van der Waals surface area (Å²) in [5.74, 6) is 0.232. The van der Waals surface area contributed by atoms with E-state index in [1.807, 2.05) is 38.1 Å². The lowest BCUT2D eigenvalue weighted by molar-refractivity contribution is 0.0990. The summed E-state index contributed by atoms with van der Waals surface area (Å²) in [4.78, 5) is 14.6. The number of hydrogen-bond donors (Lipinski definition) is 0. The highest BCUT2D eigenvalue weighted by atomic mass is 32.2. The second-order valence-electron chi connectivity index (χ2n) is 4.89. The Labute approximate surface area is 131 Å². The van der Waals surface area contributed by atoms with E-state index in [2.05, 4.69) is 25.1 Å². The molecule has 1 nitrogen and oxygen atoms in total. The molecule has 2 aromatic rings. The smallest absolute Gasteiger partial charge is 0.168 e.